The number of aliphatic hydroxyl groups excluding tert-OH is 1. The van der Waals surface area contributed by atoms with E-state index >= 15 is 0 Å². The highest BCUT2D eigenvalue weighted by atomic mass is 16.3. The molecule has 5 rings (SSSR count). The fraction of sp³-hybridized carbons (Fsp3) is 0.276. The first-order valence-electron chi connectivity index (χ1n) is 11.7. The van der Waals surface area contributed by atoms with E-state index in [0.29, 0.717) is 23.0 Å². The van der Waals surface area contributed by atoms with Gasteiger partial charge in [-0.3, -0.25) is 4.79 Å². The standard InChI is InChI=1S/C29H30N2O3/c1-18-11-19(2)13-20(12-18)14-29(15-21-5-3-4-6-22(21)16-29)30-17-26(33)23-7-9-25(32)28-24(23)8-10-27(34)31-28/h3-13,26,30,32-33H,14-17H2,1-2H3,(H,31,34)/t26-/m0/s1. The number of benzene rings is 3. The molecule has 34 heavy (non-hydrogen) atoms. The van der Waals surface area contributed by atoms with Gasteiger partial charge in [0.25, 0.3) is 0 Å². The van der Waals surface area contributed by atoms with E-state index in [2.05, 4.69) is 66.6 Å². The number of hydrogen-bond donors (Lipinski definition) is 4. The van der Waals surface area contributed by atoms with Crippen LogP contribution < -0.4 is 10.9 Å². The minimum Gasteiger partial charge on any atom is -0.506 e. The zero-order chi connectivity index (χ0) is 23.9. The first kappa shape index (κ1) is 22.4. The Morgan fingerprint density at radius 1 is 0.971 bits per heavy atom. The maximum atomic E-state index is 11.7. The molecule has 0 saturated heterocycles. The molecule has 0 spiro atoms. The van der Waals surface area contributed by atoms with E-state index in [1.54, 1.807) is 12.1 Å². The van der Waals surface area contributed by atoms with Crippen molar-refractivity contribution < 1.29 is 10.2 Å². The van der Waals surface area contributed by atoms with Gasteiger partial charge in [-0.2, -0.15) is 0 Å². The number of aromatic amines is 1. The van der Waals surface area contributed by atoms with Gasteiger partial charge in [0, 0.05) is 23.5 Å². The predicted octanol–water partition coefficient (Wildman–Crippen LogP) is 4.25. The Morgan fingerprint density at radius 2 is 1.65 bits per heavy atom. The number of aliphatic hydroxyl groups is 1. The fourth-order valence-corrected chi connectivity index (χ4v) is 5.54. The summed E-state index contributed by atoms with van der Waals surface area (Å²) < 4.78 is 0. The van der Waals surface area contributed by atoms with Crippen molar-refractivity contribution in [3.05, 3.63) is 110 Å². The van der Waals surface area contributed by atoms with Gasteiger partial charge in [-0.25, -0.2) is 0 Å². The number of nitrogens with one attached hydrogen (secondary N) is 2. The average molecular weight is 455 g/mol. The second-order valence-corrected chi connectivity index (χ2v) is 9.76. The summed E-state index contributed by atoms with van der Waals surface area (Å²) in [5.74, 6) is -0.00543. The SMILES string of the molecule is Cc1cc(C)cc(CC2(NC[C@H](O)c3ccc(O)c4[nH]c(=O)ccc34)Cc3ccccc3C2)c1. The summed E-state index contributed by atoms with van der Waals surface area (Å²) in [5.41, 5.74) is 7.03. The molecule has 0 amide bonds. The number of aromatic hydroxyl groups is 1. The largest absolute Gasteiger partial charge is 0.506 e. The lowest BCUT2D eigenvalue weighted by atomic mass is 9.86. The summed E-state index contributed by atoms with van der Waals surface area (Å²) in [6.45, 7) is 4.62. The Hall–Kier alpha value is -3.41. The van der Waals surface area contributed by atoms with E-state index in [4.69, 9.17) is 0 Å². The highest BCUT2D eigenvalue weighted by Gasteiger charge is 2.37. The lowest BCUT2D eigenvalue weighted by Crippen LogP contribution is -2.49. The van der Waals surface area contributed by atoms with Gasteiger partial charge in [0.05, 0.1) is 11.6 Å². The summed E-state index contributed by atoms with van der Waals surface area (Å²) in [6.07, 6.45) is 1.86. The van der Waals surface area contributed by atoms with E-state index in [0.717, 1.165) is 19.3 Å². The van der Waals surface area contributed by atoms with E-state index < -0.39 is 6.10 Å². The first-order chi connectivity index (χ1) is 16.3. The minimum atomic E-state index is -0.797. The second-order valence-electron chi connectivity index (χ2n) is 9.76. The van der Waals surface area contributed by atoms with Crippen LogP contribution in [-0.2, 0) is 19.3 Å². The van der Waals surface area contributed by atoms with Crippen LogP contribution in [0.5, 0.6) is 5.75 Å². The maximum absolute atomic E-state index is 11.7. The number of fused-ring (bicyclic) bond motifs is 2. The Bertz CT molecular complexity index is 1380. The molecule has 1 heterocycles. The first-order valence-corrected chi connectivity index (χ1v) is 11.7. The van der Waals surface area contributed by atoms with Gasteiger partial charge in [-0.05, 0) is 67.5 Å². The van der Waals surface area contributed by atoms with Gasteiger partial charge in [0.1, 0.15) is 5.75 Å². The van der Waals surface area contributed by atoms with Crippen LogP contribution in [-0.4, -0.2) is 27.3 Å². The van der Waals surface area contributed by atoms with Gasteiger partial charge < -0.3 is 20.5 Å². The van der Waals surface area contributed by atoms with Crippen molar-refractivity contribution in [2.24, 2.45) is 0 Å². The van der Waals surface area contributed by atoms with Gasteiger partial charge in [-0.1, -0.05) is 59.7 Å². The lowest BCUT2D eigenvalue weighted by Gasteiger charge is -2.32. The van der Waals surface area contributed by atoms with Crippen molar-refractivity contribution in [3.8, 4) is 5.75 Å². The summed E-state index contributed by atoms with van der Waals surface area (Å²) in [7, 11) is 0. The summed E-state index contributed by atoms with van der Waals surface area (Å²) in [4.78, 5) is 14.4. The van der Waals surface area contributed by atoms with Crippen molar-refractivity contribution in [2.45, 2.75) is 44.8 Å². The quantitative estimate of drug-likeness (QED) is 0.351. The van der Waals surface area contributed by atoms with Crippen LogP contribution >= 0.6 is 0 Å². The molecule has 0 bridgehead atoms. The Balaban J connectivity index is 1.44. The average Bonchev–Trinajstić information content (AvgIpc) is 3.15. The number of phenolic OH excluding ortho intramolecular Hbond substituents is 1. The predicted molar refractivity (Wildman–Crippen MR) is 135 cm³/mol. The highest BCUT2D eigenvalue weighted by molar-refractivity contribution is 5.87. The number of pyridine rings is 1. The summed E-state index contributed by atoms with van der Waals surface area (Å²) in [5, 5.41) is 25.8. The molecule has 1 atom stereocenters. The number of rotatable bonds is 6. The zero-order valence-electron chi connectivity index (χ0n) is 19.6. The van der Waals surface area contributed by atoms with Crippen LogP contribution in [0.15, 0.2) is 71.5 Å². The van der Waals surface area contributed by atoms with Crippen molar-refractivity contribution in [1.29, 1.82) is 0 Å². The summed E-state index contributed by atoms with van der Waals surface area (Å²) in [6, 6.07) is 21.6. The minimum absolute atomic E-state index is 0.00543. The van der Waals surface area contributed by atoms with Crippen molar-refractivity contribution in [1.82, 2.24) is 10.3 Å². The van der Waals surface area contributed by atoms with Gasteiger partial charge >= 0.3 is 0 Å². The van der Waals surface area contributed by atoms with E-state index in [1.165, 1.54) is 39.9 Å². The van der Waals surface area contributed by atoms with Gasteiger partial charge in [-0.15, -0.1) is 0 Å². The molecule has 0 saturated carbocycles. The molecule has 0 radical (unpaired) electrons. The van der Waals surface area contributed by atoms with Gasteiger partial charge in [0.15, 0.2) is 0 Å². The van der Waals surface area contributed by atoms with E-state index in [9.17, 15) is 15.0 Å². The molecule has 1 aromatic heterocycles. The molecule has 5 heteroatoms. The van der Waals surface area contributed by atoms with Gasteiger partial charge in [0.2, 0.25) is 5.56 Å². The third-order valence-electron chi connectivity index (χ3n) is 6.94. The Kier molecular flexibility index (Phi) is 5.76. The van der Waals surface area contributed by atoms with Crippen LogP contribution in [0.2, 0.25) is 0 Å². The number of hydrogen-bond acceptors (Lipinski definition) is 4. The number of H-pyrrole nitrogens is 1. The Morgan fingerprint density at radius 3 is 2.32 bits per heavy atom. The molecular formula is C29H30N2O3. The molecule has 0 aliphatic heterocycles. The second kappa shape index (κ2) is 8.75. The third-order valence-corrected chi connectivity index (χ3v) is 6.94. The molecule has 0 unspecified atom stereocenters. The number of aryl methyl sites for hydroxylation is 2. The van der Waals surface area contributed by atoms with Crippen LogP contribution in [0.4, 0.5) is 0 Å². The molecule has 4 N–H and O–H groups in total. The molecule has 5 nitrogen and oxygen atoms in total. The smallest absolute Gasteiger partial charge is 0.248 e. The maximum Gasteiger partial charge on any atom is 0.248 e. The van der Waals surface area contributed by atoms with Crippen LogP contribution in [0, 0.1) is 13.8 Å². The third kappa shape index (κ3) is 4.37. The number of β-amino-alcohol motifs (C(OH)–C–C–N with tert-alkyl or cyclic N) is 1. The number of aromatic nitrogens is 1. The zero-order valence-corrected chi connectivity index (χ0v) is 19.6. The van der Waals surface area contributed by atoms with Crippen molar-refractivity contribution in [3.63, 3.8) is 0 Å². The molecule has 174 valence electrons. The topological polar surface area (TPSA) is 85.3 Å². The lowest BCUT2D eigenvalue weighted by molar-refractivity contribution is 0.157. The molecule has 3 aromatic carbocycles. The van der Waals surface area contributed by atoms with Crippen LogP contribution in [0.25, 0.3) is 10.9 Å². The monoisotopic (exact) mass is 454 g/mol. The van der Waals surface area contributed by atoms with Crippen molar-refractivity contribution >= 4 is 10.9 Å². The molecule has 1 aliphatic carbocycles. The van der Waals surface area contributed by atoms with Crippen LogP contribution in [0.1, 0.15) is 39.5 Å². The number of phenols is 1. The fourth-order valence-electron chi connectivity index (χ4n) is 5.54. The molecular weight excluding hydrogens is 424 g/mol. The highest BCUT2D eigenvalue weighted by Crippen LogP contribution is 2.34. The summed E-state index contributed by atoms with van der Waals surface area (Å²) >= 11 is 0. The van der Waals surface area contributed by atoms with Crippen LogP contribution in [0.3, 0.4) is 0 Å². The molecule has 1 aliphatic rings. The van der Waals surface area contributed by atoms with E-state index in [1.807, 2.05) is 0 Å². The Labute approximate surface area is 199 Å². The van der Waals surface area contributed by atoms with E-state index in [-0.39, 0.29) is 16.8 Å². The van der Waals surface area contributed by atoms with Crippen molar-refractivity contribution in [2.75, 3.05) is 6.54 Å². The normalized spacial score (nSPS) is 15.4. The molecule has 4 aromatic rings. The molecule has 0 fully saturated rings.